The van der Waals surface area contributed by atoms with Gasteiger partial charge in [-0.2, -0.15) is 33.1 Å². The molecule has 1 aromatic carbocycles. The number of anilines is 2. The minimum Gasteiger partial charge on any atom is -0.351 e. The minimum atomic E-state index is -4.62. The number of hydrogen-bond acceptors (Lipinski definition) is 7. The third kappa shape index (κ3) is 4.15. The van der Waals surface area contributed by atoms with Gasteiger partial charge in [0, 0.05) is 45.7 Å². The Hall–Kier alpha value is -3.77. The summed E-state index contributed by atoms with van der Waals surface area (Å²) in [6.45, 7) is 1.16. The Balaban J connectivity index is 1.42. The molecule has 2 atom stereocenters. The number of likely N-dealkylation sites (tertiary alicyclic amines) is 1. The van der Waals surface area contributed by atoms with Gasteiger partial charge in [-0.25, -0.2) is 9.37 Å². The van der Waals surface area contributed by atoms with E-state index in [9.17, 15) is 22.4 Å². The highest BCUT2D eigenvalue weighted by molar-refractivity contribution is 5.98. The Morgan fingerprint density at radius 1 is 1.11 bits per heavy atom. The number of halogens is 4. The Bertz CT molecular complexity index is 1250. The van der Waals surface area contributed by atoms with Crippen LogP contribution >= 0.6 is 0 Å². The predicted octanol–water partition coefficient (Wildman–Crippen LogP) is 2.63. The summed E-state index contributed by atoms with van der Waals surface area (Å²) < 4.78 is 55.1. The molecule has 0 N–H and O–H groups in total. The van der Waals surface area contributed by atoms with Crippen molar-refractivity contribution in [3.63, 3.8) is 0 Å². The molecule has 2 fully saturated rings. The van der Waals surface area contributed by atoms with Crippen LogP contribution in [0.25, 0.3) is 5.69 Å². The molecule has 0 radical (unpaired) electrons. The van der Waals surface area contributed by atoms with Gasteiger partial charge in [0.25, 0.3) is 5.91 Å². The monoisotopic (exact) mass is 490 g/mol. The van der Waals surface area contributed by atoms with E-state index in [0.29, 0.717) is 19.5 Å². The molecule has 2 aliphatic heterocycles. The Labute approximate surface area is 198 Å². The lowest BCUT2D eigenvalue weighted by Crippen LogP contribution is -2.65. The third-order valence-electron chi connectivity index (χ3n) is 6.37. The normalized spacial score (nSPS) is 19.8. The fourth-order valence-corrected chi connectivity index (χ4v) is 4.55. The van der Waals surface area contributed by atoms with Gasteiger partial charge >= 0.3 is 6.18 Å². The summed E-state index contributed by atoms with van der Waals surface area (Å²) in [5, 5.41) is 8.01. The van der Waals surface area contributed by atoms with Crippen LogP contribution in [0.2, 0.25) is 0 Å². The van der Waals surface area contributed by atoms with Crippen LogP contribution in [-0.2, 0) is 6.18 Å². The summed E-state index contributed by atoms with van der Waals surface area (Å²) in [4.78, 5) is 27.2. The van der Waals surface area contributed by atoms with Crippen molar-refractivity contribution in [3.8, 4) is 5.69 Å². The van der Waals surface area contributed by atoms with Gasteiger partial charge in [0.05, 0.1) is 18.4 Å². The van der Waals surface area contributed by atoms with Crippen LogP contribution in [0.1, 0.15) is 22.5 Å². The van der Waals surface area contributed by atoms with Gasteiger partial charge < -0.3 is 14.7 Å². The molecular weight excluding hydrogens is 468 g/mol. The average molecular weight is 490 g/mol. The summed E-state index contributed by atoms with van der Waals surface area (Å²) in [5.74, 6) is -0.922. The number of carbonyl (C=O) groups excluding carboxylic acids is 1. The smallest absolute Gasteiger partial charge is 0.351 e. The van der Waals surface area contributed by atoms with Crippen molar-refractivity contribution in [1.82, 2.24) is 29.9 Å². The molecule has 35 heavy (non-hydrogen) atoms. The summed E-state index contributed by atoms with van der Waals surface area (Å²) in [5.41, 5.74) is -0.959. The van der Waals surface area contributed by atoms with Gasteiger partial charge in [0.2, 0.25) is 5.95 Å². The number of piperidine rings is 1. The minimum absolute atomic E-state index is 0.0512. The molecule has 2 aliphatic rings. The van der Waals surface area contributed by atoms with Crippen LogP contribution in [0.4, 0.5) is 29.3 Å². The maximum absolute atomic E-state index is 14.8. The number of rotatable bonds is 4. The van der Waals surface area contributed by atoms with Crippen molar-refractivity contribution < 1.29 is 22.4 Å². The highest BCUT2D eigenvalue weighted by Gasteiger charge is 2.46. The first-order chi connectivity index (χ1) is 16.6. The molecule has 3 aromatic rings. The van der Waals surface area contributed by atoms with Crippen molar-refractivity contribution in [3.05, 3.63) is 53.7 Å². The zero-order valence-corrected chi connectivity index (χ0v) is 18.9. The lowest BCUT2D eigenvalue weighted by molar-refractivity contribution is -0.141. The van der Waals surface area contributed by atoms with Crippen LogP contribution in [-0.4, -0.2) is 75.5 Å². The van der Waals surface area contributed by atoms with Crippen LogP contribution in [0.5, 0.6) is 0 Å². The fourth-order valence-electron chi connectivity index (χ4n) is 4.55. The lowest BCUT2D eigenvalue weighted by atomic mass is 9.82. The van der Waals surface area contributed by atoms with Gasteiger partial charge in [0.1, 0.15) is 22.9 Å². The Kier molecular flexibility index (Phi) is 5.56. The number of fused-ring (bicyclic) bond motifs is 1. The summed E-state index contributed by atoms with van der Waals surface area (Å²) >= 11 is 0. The number of alkyl halides is 3. The lowest BCUT2D eigenvalue weighted by Gasteiger charge is -2.54. The molecule has 1 unspecified atom stereocenters. The number of hydrogen-bond donors (Lipinski definition) is 0. The molecule has 184 valence electrons. The molecule has 1 amide bonds. The van der Waals surface area contributed by atoms with Gasteiger partial charge in [-0.05, 0) is 18.6 Å². The van der Waals surface area contributed by atoms with Crippen molar-refractivity contribution in [1.29, 1.82) is 0 Å². The topological polar surface area (TPSA) is 83.3 Å². The van der Waals surface area contributed by atoms with Crippen LogP contribution in [0.15, 0.2) is 36.7 Å². The fraction of sp³-hybridized carbons (Fsp3) is 0.409. The maximum atomic E-state index is 14.8. The van der Waals surface area contributed by atoms with Crippen molar-refractivity contribution in [2.45, 2.75) is 18.6 Å². The van der Waals surface area contributed by atoms with E-state index in [4.69, 9.17) is 0 Å². The molecular formula is C22H22F4N8O. The third-order valence-corrected chi connectivity index (χ3v) is 6.37. The quantitative estimate of drug-likeness (QED) is 0.520. The van der Waals surface area contributed by atoms with Gasteiger partial charge in [-0.3, -0.25) is 4.79 Å². The van der Waals surface area contributed by atoms with Crippen LogP contribution in [0.3, 0.4) is 0 Å². The number of nitrogens with zero attached hydrogens (tertiary/aromatic N) is 8. The van der Waals surface area contributed by atoms with E-state index >= 15 is 0 Å². The van der Waals surface area contributed by atoms with Crippen LogP contribution < -0.4 is 9.80 Å². The molecule has 2 saturated heterocycles. The van der Waals surface area contributed by atoms with E-state index in [1.54, 1.807) is 25.1 Å². The molecule has 2 aromatic heterocycles. The first kappa shape index (κ1) is 23.0. The second-order valence-corrected chi connectivity index (χ2v) is 8.78. The van der Waals surface area contributed by atoms with E-state index in [1.165, 1.54) is 39.1 Å². The van der Waals surface area contributed by atoms with Gasteiger partial charge in [0.15, 0.2) is 5.69 Å². The van der Waals surface area contributed by atoms with Crippen molar-refractivity contribution in [2.24, 2.45) is 5.92 Å². The van der Waals surface area contributed by atoms with Crippen LogP contribution in [0, 0.1) is 11.7 Å². The summed E-state index contributed by atoms with van der Waals surface area (Å²) in [6.07, 6.45) is -1.12. The second kappa shape index (κ2) is 8.47. The largest absolute Gasteiger partial charge is 0.433 e. The molecule has 0 aliphatic carbocycles. The number of carbonyl (C=O) groups is 1. The Morgan fingerprint density at radius 3 is 2.54 bits per heavy atom. The molecule has 9 nitrogen and oxygen atoms in total. The molecule has 0 bridgehead atoms. The number of benzene rings is 1. The van der Waals surface area contributed by atoms with E-state index in [2.05, 4.69) is 20.2 Å². The van der Waals surface area contributed by atoms with E-state index < -0.39 is 23.6 Å². The standard InChI is InChI=1S/C22H22F4N8O/c1-31(2)21-29-17(22(24,25)26)10-18(30-21)33-11-13-6-9-32(12-16(13)33)20(35)19-14(23)4-3-5-15(19)34-27-7-8-28-34/h3-5,7-8,10,13,16H,6,9,11-12H2,1-2H3/t13?,16-/m0/s1. The first-order valence-electron chi connectivity index (χ1n) is 11.0. The number of aromatic nitrogens is 5. The second-order valence-electron chi connectivity index (χ2n) is 8.78. The average Bonchev–Trinajstić information content (AvgIpc) is 3.33. The SMILES string of the molecule is CN(C)c1nc(N2CC3CCN(C(=O)c4c(F)cccc4-n4nccn4)C[C@@H]32)cc(C(F)(F)F)n1. The molecule has 5 rings (SSSR count). The molecule has 0 saturated carbocycles. The first-order valence-corrected chi connectivity index (χ1v) is 11.0. The van der Waals surface area contributed by atoms with Crippen molar-refractivity contribution >= 4 is 17.7 Å². The van der Waals surface area contributed by atoms with E-state index in [-0.39, 0.29) is 41.5 Å². The van der Waals surface area contributed by atoms with Crippen molar-refractivity contribution in [2.75, 3.05) is 43.5 Å². The van der Waals surface area contributed by atoms with E-state index in [1.807, 2.05) is 0 Å². The van der Waals surface area contributed by atoms with E-state index in [0.717, 1.165) is 6.07 Å². The highest BCUT2D eigenvalue weighted by Crippen LogP contribution is 2.39. The zero-order valence-electron chi connectivity index (χ0n) is 18.9. The maximum Gasteiger partial charge on any atom is 0.433 e. The predicted molar refractivity (Wildman–Crippen MR) is 118 cm³/mol. The Morgan fingerprint density at radius 2 is 1.86 bits per heavy atom. The number of amides is 1. The van der Waals surface area contributed by atoms with Gasteiger partial charge in [-0.15, -0.1) is 0 Å². The summed E-state index contributed by atoms with van der Waals surface area (Å²) in [6, 6.07) is 4.92. The van der Waals surface area contributed by atoms with Gasteiger partial charge in [-0.1, -0.05) is 6.07 Å². The molecule has 13 heteroatoms. The zero-order chi connectivity index (χ0) is 24.9. The summed E-state index contributed by atoms with van der Waals surface area (Å²) in [7, 11) is 3.14. The molecule has 0 spiro atoms. The highest BCUT2D eigenvalue weighted by atomic mass is 19.4. The molecule has 4 heterocycles.